The molecular formula is C20H27N3O2. The molecule has 2 aliphatic carbocycles. The summed E-state index contributed by atoms with van der Waals surface area (Å²) in [5.41, 5.74) is 10.00. The second-order valence-electron chi connectivity index (χ2n) is 7.54. The van der Waals surface area contributed by atoms with E-state index in [0.29, 0.717) is 17.8 Å². The van der Waals surface area contributed by atoms with Gasteiger partial charge in [-0.1, -0.05) is 17.3 Å². The lowest BCUT2D eigenvalue weighted by Gasteiger charge is -2.22. The van der Waals surface area contributed by atoms with Gasteiger partial charge in [-0.15, -0.1) is 0 Å². The molecule has 2 aromatic rings. The largest absolute Gasteiger partial charge is 0.361 e. The molecule has 0 bridgehead atoms. The maximum Gasteiger partial charge on any atom is 0.241 e. The van der Waals surface area contributed by atoms with Gasteiger partial charge in [0.2, 0.25) is 5.91 Å². The fourth-order valence-electron chi connectivity index (χ4n) is 3.95. The minimum absolute atomic E-state index is 0. The van der Waals surface area contributed by atoms with Crippen LogP contribution in [0, 0.1) is 31.6 Å². The zero-order valence-electron chi connectivity index (χ0n) is 14.8. The Labute approximate surface area is 149 Å². The van der Waals surface area contributed by atoms with Crippen LogP contribution in [-0.4, -0.2) is 17.1 Å². The van der Waals surface area contributed by atoms with Crippen LogP contribution < -0.4 is 11.1 Å². The molecule has 5 heteroatoms. The number of nitrogens with zero attached hydrogens (tertiary/aromatic N) is 1. The van der Waals surface area contributed by atoms with Crippen LogP contribution in [0.2, 0.25) is 0 Å². The van der Waals surface area contributed by atoms with Crippen molar-refractivity contribution < 1.29 is 10.7 Å². The Morgan fingerprint density at radius 1 is 1.20 bits per heavy atom. The number of aryl methyl sites for hydroxylation is 2. The molecule has 4 rings (SSSR count). The first-order valence-electron chi connectivity index (χ1n) is 9.14. The summed E-state index contributed by atoms with van der Waals surface area (Å²) in [6.45, 7) is 3.83. The van der Waals surface area contributed by atoms with E-state index in [0.717, 1.165) is 28.3 Å². The minimum atomic E-state index is -0.401. The molecule has 2 fully saturated rings. The summed E-state index contributed by atoms with van der Waals surface area (Å²) in [7, 11) is 0. The molecule has 5 nitrogen and oxygen atoms in total. The molecule has 1 aromatic heterocycles. The van der Waals surface area contributed by atoms with Gasteiger partial charge < -0.3 is 15.6 Å². The monoisotopic (exact) mass is 341 g/mol. The molecule has 134 valence electrons. The van der Waals surface area contributed by atoms with Crippen LogP contribution in [0.4, 0.5) is 5.69 Å². The maximum atomic E-state index is 12.6. The predicted molar refractivity (Wildman–Crippen MR) is 99.1 cm³/mol. The van der Waals surface area contributed by atoms with E-state index in [4.69, 9.17) is 10.3 Å². The smallest absolute Gasteiger partial charge is 0.241 e. The zero-order valence-corrected chi connectivity index (χ0v) is 14.8. The average molecular weight is 341 g/mol. The highest BCUT2D eigenvalue weighted by molar-refractivity contribution is 5.95. The summed E-state index contributed by atoms with van der Waals surface area (Å²) in [4.78, 5) is 12.6. The lowest BCUT2D eigenvalue weighted by molar-refractivity contribution is -0.118. The highest BCUT2D eigenvalue weighted by Gasteiger charge is 2.46. The Morgan fingerprint density at radius 2 is 1.80 bits per heavy atom. The van der Waals surface area contributed by atoms with Crippen LogP contribution in [0.15, 0.2) is 28.8 Å². The fraction of sp³-hybridized carbons (Fsp3) is 0.500. The standard InChI is InChI=1S/C20H25N3O2.H2/c1-11-17(12(2)25-23-11)13-7-9-16(10-8-13)22-20(24)19(21)18(14-3-4-14)15-5-6-15;/h7-10,14-15,18-19H,3-6,21H2,1-2H3,(H,22,24);1H/t19-;/m0./s1. The van der Waals surface area contributed by atoms with Crippen molar-refractivity contribution in [3.05, 3.63) is 35.7 Å². The van der Waals surface area contributed by atoms with Crippen LogP contribution in [-0.2, 0) is 4.79 Å². The van der Waals surface area contributed by atoms with Gasteiger partial charge in [-0.2, -0.15) is 0 Å². The number of hydrogen-bond acceptors (Lipinski definition) is 4. The summed E-state index contributed by atoms with van der Waals surface area (Å²) in [5, 5.41) is 6.98. The molecule has 1 heterocycles. The van der Waals surface area contributed by atoms with Crippen LogP contribution in [0.5, 0.6) is 0 Å². The van der Waals surface area contributed by atoms with Crippen LogP contribution in [0.25, 0.3) is 11.1 Å². The number of aromatic nitrogens is 1. The minimum Gasteiger partial charge on any atom is -0.361 e. The normalized spacial score (nSPS) is 18.4. The fourth-order valence-corrected chi connectivity index (χ4v) is 3.95. The summed E-state index contributed by atoms with van der Waals surface area (Å²) in [5.74, 6) is 2.42. The number of nitrogens with one attached hydrogen (secondary N) is 1. The van der Waals surface area contributed by atoms with Gasteiger partial charge >= 0.3 is 0 Å². The van der Waals surface area contributed by atoms with Crippen LogP contribution in [0.1, 0.15) is 38.6 Å². The third-order valence-corrected chi connectivity index (χ3v) is 5.52. The molecule has 1 atom stereocenters. The third kappa shape index (κ3) is 3.33. The van der Waals surface area contributed by atoms with Crippen molar-refractivity contribution in [1.29, 1.82) is 0 Å². The average Bonchev–Trinajstić information content (AvgIpc) is 3.51. The number of anilines is 1. The van der Waals surface area contributed by atoms with E-state index in [1.54, 1.807) is 0 Å². The number of hydrogen-bond donors (Lipinski definition) is 2. The Kier molecular flexibility index (Phi) is 4.12. The lowest BCUT2D eigenvalue weighted by atomic mass is 9.89. The molecule has 25 heavy (non-hydrogen) atoms. The van der Waals surface area contributed by atoms with Crippen molar-refractivity contribution in [3.63, 3.8) is 0 Å². The molecule has 0 saturated heterocycles. The van der Waals surface area contributed by atoms with E-state index in [2.05, 4.69) is 10.5 Å². The first-order valence-corrected chi connectivity index (χ1v) is 9.14. The van der Waals surface area contributed by atoms with E-state index in [-0.39, 0.29) is 7.33 Å². The number of benzene rings is 1. The van der Waals surface area contributed by atoms with E-state index in [9.17, 15) is 4.79 Å². The van der Waals surface area contributed by atoms with Gasteiger partial charge in [0.15, 0.2) is 0 Å². The molecule has 0 spiro atoms. The summed E-state index contributed by atoms with van der Waals surface area (Å²) in [6.07, 6.45) is 4.92. The van der Waals surface area contributed by atoms with Crippen molar-refractivity contribution in [1.82, 2.24) is 5.16 Å². The van der Waals surface area contributed by atoms with Crippen molar-refractivity contribution in [2.75, 3.05) is 5.32 Å². The highest BCUT2D eigenvalue weighted by Crippen LogP contribution is 2.50. The van der Waals surface area contributed by atoms with E-state index in [1.165, 1.54) is 25.7 Å². The van der Waals surface area contributed by atoms with Crippen molar-refractivity contribution in [2.45, 2.75) is 45.6 Å². The molecule has 2 saturated carbocycles. The van der Waals surface area contributed by atoms with Crippen molar-refractivity contribution in [3.8, 4) is 11.1 Å². The van der Waals surface area contributed by atoms with E-state index >= 15 is 0 Å². The maximum absolute atomic E-state index is 12.6. The van der Waals surface area contributed by atoms with Crippen molar-refractivity contribution in [2.24, 2.45) is 23.5 Å². The molecule has 2 aliphatic rings. The first kappa shape index (κ1) is 16.3. The molecule has 3 N–H and O–H groups in total. The number of amides is 1. The Hall–Kier alpha value is -2.14. The van der Waals surface area contributed by atoms with Gasteiger partial charge in [-0.25, -0.2) is 0 Å². The molecular weight excluding hydrogens is 314 g/mol. The predicted octanol–water partition coefficient (Wildman–Crippen LogP) is 3.91. The van der Waals surface area contributed by atoms with Gasteiger partial charge in [-0.05, 0) is 75.0 Å². The molecule has 1 amide bonds. The van der Waals surface area contributed by atoms with Gasteiger partial charge in [0.25, 0.3) is 0 Å². The van der Waals surface area contributed by atoms with E-state index in [1.807, 2.05) is 38.1 Å². The van der Waals surface area contributed by atoms with Crippen LogP contribution >= 0.6 is 0 Å². The lowest BCUT2D eigenvalue weighted by Crippen LogP contribution is -2.43. The van der Waals surface area contributed by atoms with Gasteiger partial charge in [0.1, 0.15) is 5.76 Å². The van der Waals surface area contributed by atoms with Gasteiger partial charge in [0.05, 0.1) is 11.7 Å². The quantitative estimate of drug-likeness (QED) is 0.835. The first-order chi connectivity index (χ1) is 12.0. The third-order valence-electron chi connectivity index (χ3n) is 5.52. The topological polar surface area (TPSA) is 81.2 Å². The number of carbonyl (C=O) groups is 1. The SMILES string of the molecule is Cc1noc(C)c1-c1ccc(NC(=O)[C@@H](N)C(C2CC2)C2CC2)cc1.[HH]. The number of nitrogens with two attached hydrogens (primary N) is 1. The van der Waals surface area contributed by atoms with Crippen LogP contribution in [0.3, 0.4) is 0 Å². The summed E-state index contributed by atoms with van der Waals surface area (Å²) >= 11 is 0. The van der Waals surface area contributed by atoms with Gasteiger partial charge in [0, 0.05) is 12.7 Å². The van der Waals surface area contributed by atoms with Gasteiger partial charge in [-0.3, -0.25) is 4.79 Å². The molecule has 0 unspecified atom stereocenters. The van der Waals surface area contributed by atoms with Crippen molar-refractivity contribution >= 4 is 11.6 Å². The molecule has 0 radical (unpaired) electrons. The Balaban J connectivity index is 0.00000196. The Bertz CT molecular complexity index is 747. The highest BCUT2D eigenvalue weighted by atomic mass is 16.5. The summed E-state index contributed by atoms with van der Waals surface area (Å²) < 4.78 is 5.22. The Morgan fingerprint density at radius 3 is 2.28 bits per heavy atom. The molecule has 1 aromatic carbocycles. The number of rotatable bonds is 6. The second-order valence-corrected chi connectivity index (χ2v) is 7.54. The molecule has 0 aliphatic heterocycles. The summed E-state index contributed by atoms with van der Waals surface area (Å²) in [6, 6.07) is 7.38. The zero-order chi connectivity index (χ0) is 17.6. The number of carbonyl (C=O) groups excluding carboxylic acids is 1. The second kappa shape index (κ2) is 6.30. The van der Waals surface area contributed by atoms with E-state index < -0.39 is 6.04 Å².